The van der Waals surface area contributed by atoms with Crippen LogP contribution in [-0.4, -0.2) is 22.9 Å². The van der Waals surface area contributed by atoms with Gasteiger partial charge in [0.1, 0.15) is 11.4 Å². The number of carbonyl (C=O) groups excluding carboxylic acids is 1. The fourth-order valence-electron chi connectivity index (χ4n) is 2.19. The number of ketones is 1. The summed E-state index contributed by atoms with van der Waals surface area (Å²) in [4.78, 5) is 19.9. The molecule has 6 heteroatoms. The number of pyridine rings is 1. The highest BCUT2D eigenvalue weighted by molar-refractivity contribution is 9.10. The van der Waals surface area contributed by atoms with Crippen molar-refractivity contribution >= 4 is 44.3 Å². The van der Waals surface area contributed by atoms with Crippen molar-refractivity contribution in [2.75, 3.05) is 7.11 Å². The van der Waals surface area contributed by atoms with Crippen molar-refractivity contribution in [3.8, 4) is 5.75 Å². The maximum atomic E-state index is 12.8. The highest BCUT2D eigenvalue weighted by Crippen LogP contribution is 2.30. The summed E-state index contributed by atoms with van der Waals surface area (Å²) in [6, 6.07) is 6.92. The first kappa shape index (κ1) is 14.1. The molecule has 3 rings (SSSR count). The zero-order valence-electron chi connectivity index (χ0n) is 11.0. The number of rotatable bonds is 3. The second-order valence-corrected chi connectivity index (χ2v) is 5.72. The second-order valence-electron chi connectivity index (χ2n) is 4.39. The molecule has 21 heavy (non-hydrogen) atoms. The predicted molar refractivity (Wildman–Crippen MR) is 85.2 cm³/mol. The number of ether oxygens (including phenoxy) is 1. The second kappa shape index (κ2) is 5.50. The maximum absolute atomic E-state index is 12.8. The molecule has 2 heterocycles. The number of fused-ring (bicyclic) bond motifs is 1. The smallest absolute Gasteiger partial charge is 0.199 e. The molecule has 0 spiro atoms. The lowest BCUT2D eigenvalue weighted by Gasteiger charge is -2.07. The van der Waals surface area contributed by atoms with Gasteiger partial charge in [-0.25, -0.2) is 4.98 Å². The molecule has 2 aromatic heterocycles. The summed E-state index contributed by atoms with van der Waals surface area (Å²) >= 11 is 9.54. The lowest BCUT2D eigenvalue weighted by molar-refractivity contribution is 0.103. The van der Waals surface area contributed by atoms with Crippen molar-refractivity contribution in [1.82, 2.24) is 9.97 Å². The fourth-order valence-corrected chi connectivity index (χ4v) is 2.78. The largest absolute Gasteiger partial charge is 0.496 e. The number of nitrogens with zero attached hydrogens (tertiary/aromatic N) is 1. The van der Waals surface area contributed by atoms with Crippen LogP contribution in [0.15, 0.2) is 41.1 Å². The summed E-state index contributed by atoms with van der Waals surface area (Å²) < 4.78 is 6.12. The molecule has 0 bridgehead atoms. The van der Waals surface area contributed by atoms with Crippen LogP contribution >= 0.6 is 27.5 Å². The summed E-state index contributed by atoms with van der Waals surface area (Å²) in [6.07, 6.45) is 3.21. The molecule has 0 atom stereocenters. The summed E-state index contributed by atoms with van der Waals surface area (Å²) in [5.74, 6) is 0.337. The molecule has 3 aromatic rings. The molecule has 0 amide bonds. The lowest BCUT2D eigenvalue weighted by atomic mass is 10.0. The van der Waals surface area contributed by atoms with Crippen molar-refractivity contribution in [2.24, 2.45) is 0 Å². The Morgan fingerprint density at radius 2 is 2.14 bits per heavy atom. The Bertz CT molecular complexity index is 845. The summed E-state index contributed by atoms with van der Waals surface area (Å²) in [5.41, 5.74) is 1.53. The highest BCUT2D eigenvalue weighted by Gasteiger charge is 2.20. The quantitative estimate of drug-likeness (QED) is 0.707. The van der Waals surface area contributed by atoms with Gasteiger partial charge >= 0.3 is 0 Å². The van der Waals surface area contributed by atoms with Crippen LogP contribution in [0.3, 0.4) is 0 Å². The molecule has 0 unspecified atom stereocenters. The van der Waals surface area contributed by atoms with Gasteiger partial charge in [0.05, 0.1) is 23.3 Å². The van der Waals surface area contributed by atoms with E-state index in [-0.39, 0.29) is 5.78 Å². The van der Waals surface area contributed by atoms with Crippen molar-refractivity contribution < 1.29 is 9.53 Å². The average molecular weight is 366 g/mol. The number of aromatic amines is 1. The van der Waals surface area contributed by atoms with E-state index in [9.17, 15) is 4.79 Å². The van der Waals surface area contributed by atoms with Gasteiger partial charge in [0.25, 0.3) is 0 Å². The molecule has 0 aliphatic carbocycles. The number of hydrogen-bond donors (Lipinski definition) is 1. The number of aromatic nitrogens is 2. The van der Waals surface area contributed by atoms with E-state index >= 15 is 0 Å². The van der Waals surface area contributed by atoms with Gasteiger partial charge in [0.2, 0.25) is 0 Å². The van der Waals surface area contributed by atoms with Crippen LogP contribution in [0, 0.1) is 0 Å². The molecule has 0 saturated heterocycles. The normalized spacial score (nSPS) is 10.8. The molecule has 0 aliphatic heterocycles. The number of halogens is 2. The first-order valence-corrected chi connectivity index (χ1v) is 7.28. The van der Waals surface area contributed by atoms with E-state index < -0.39 is 0 Å². The van der Waals surface area contributed by atoms with Gasteiger partial charge in [0, 0.05) is 22.3 Å². The van der Waals surface area contributed by atoms with Gasteiger partial charge in [-0.2, -0.15) is 0 Å². The van der Waals surface area contributed by atoms with Gasteiger partial charge in [0.15, 0.2) is 5.78 Å². The topological polar surface area (TPSA) is 55.0 Å². The predicted octanol–water partition coefficient (Wildman–Crippen LogP) is 4.22. The standard InChI is InChI=1S/C15H10BrClN2O2/c1-21-12-6-8(16)2-3-9(12)14(20)10-7-19-15-13(10)11(17)4-5-18-15/h2-7H,1H3,(H,18,19). The summed E-state index contributed by atoms with van der Waals surface area (Å²) in [6.45, 7) is 0. The molecular weight excluding hydrogens is 356 g/mol. The van der Waals surface area contributed by atoms with Gasteiger partial charge in [-0.15, -0.1) is 0 Å². The first-order chi connectivity index (χ1) is 10.1. The van der Waals surface area contributed by atoms with E-state index in [1.54, 1.807) is 36.7 Å². The number of hydrogen-bond acceptors (Lipinski definition) is 3. The molecule has 0 saturated carbocycles. The van der Waals surface area contributed by atoms with E-state index in [2.05, 4.69) is 25.9 Å². The third-order valence-electron chi connectivity index (χ3n) is 3.18. The van der Waals surface area contributed by atoms with Gasteiger partial charge in [-0.3, -0.25) is 4.79 Å². The molecule has 0 aliphatic rings. The number of carbonyl (C=O) groups is 1. The average Bonchev–Trinajstić information content (AvgIpc) is 2.92. The third-order valence-corrected chi connectivity index (χ3v) is 3.98. The summed E-state index contributed by atoms with van der Waals surface area (Å²) in [7, 11) is 1.53. The van der Waals surface area contributed by atoms with Crippen molar-refractivity contribution in [1.29, 1.82) is 0 Å². The molecule has 0 radical (unpaired) electrons. The Balaban J connectivity index is 2.17. The Morgan fingerprint density at radius 1 is 1.33 bits per heavy atom. The maximum Gasteiger partial charge on any atom is 0.199 e. The van der Waals surface area contributed by atoms with Gasteiger partial charge < -0.3 is 9.72 Å². The minimum atomic E-state index is -0.166. The highest BCUT2D eigenvalue weighted by atomic mass is 79.9. The SMILES string of the molecule is COc1cc(Br)ccc1C(=O)c1c[nH]c2nccc(Cl)c12. The van der Waals surface area contributed by atoms with Crippen LogP contribution in [0.1, 0.15) is 15.9 Å². The number of H-pyrrole nitrogens is 1. The minimum absolute atomic E-state index is 0.166. The van der Waals surface area contributed by atoms with E-state index in [0.29, 0.717) is 32.9 Å². The molecular formula is C15H10BrClN2O2. The number of benzene rings is 1. The zero-order chi connectivity index (χ0) is 15.0. The number of methoxy groups -OCH3 is 1. The Hall–Kier alpha value is -1.85. The first-order valence-electron chi connectivity index (χ1n) is 6.11. The minimum Gasteiger partial charge on any atom is -0.496 e. The van der Waals surface area contributed by atoms with Crippen molar-refractivity contribution in [3.63, 3.8) is 0 Å². The lowest BCUT2D eigenvalue weighted by Crippen LogP contribution is -2.03. The van der Waals surface area contributed by atoms with Crippen LogP contribution in [0.2, 0.25) is 5.02 Å². The van der Waals surface area contributed by atoms with Crippen LogP contribution in [0.4, 0.5) is 0 Å². The fraction of sp³-hybridized carbons (Fsp3) is 0.0667. The van der Waals surface area contributed by atoms with Gasteiger partial charge in [-0.05, 0) is 24.3 Å². The van der Waals surface area contributed by atoms with Gasteiger partial charge in [-0.1, -0.05) is 27.5 Å². The van der Waals surface area contributed by atoms with Crippen LogP contribution < -0.4 is 4.74 Å². The Labute approximate surface area is 134 Å². The zero-order valence-corrected chi connectivity index (χ0v) is 13.3. The Kier molecular flexibility index (Phi) is 3.69. The van der Waals surface area contributed by atoms with Crippen molar-refractivity contribution in [3.05, 3.63) is 57.3 Å². The molecule has 4 nitrogen and oxygen atoms in total. The van der Waals surface area contributed by atoms with Crippen molar-refractivity contribution in [2.45, 2.75) is 0 Å². The molecule has 0 fully saturated rings. The van der Waals surface area contributed by atoms with E-state index in [1.165, 1.54) is 7.11 Å². The Morgan fingerprint density at radius 3 is 2.90 bits per heavy atom. The third kappa shape index (κ3) is 2.43. The monoisotopic (exact) mass is 364 g/mol. The van der Waals surface area contributed by atoms with Crippen LogP contribution in [0.5, 0.6) is 5.75 Å². The molecule has 106 valence electrons. The van der Waals surface area contributed by atoms with E-state index in [4.69, 9.17) is 16.3 Å². The molecule has 1 N–H and O–H groups in total. The number of nitrogens with one attached hydrogen (secondary N) is 1. The van der Waals surface area contributed by atoms with E-state index in [0.717, 1.165) is 4.47 Å². The van der Waals surface area contributed by atoms with E-state index in [1.807, 2.05) is 0 Å². The summed E-state index contributed by atoms with van der Waals surface area (Å²) in [5, 5.41) is 1.11. The molecule has 1 aromatic carbocycles. The van der Waals surface area contributed by atoms with Crippen LogP contribution in [-0.2, 0) is 0 Å². The van der Waals surface area contributed by atoms with Crippen LogP contribution in [0.25, 0.3) is 11.0 Å².